The summed E-state index contributed by atoms with van der Waals surface area (Å²) in [6, 6.07) is 10.2. The third-order valence-corrected chi connectivity index (χ3v) is 4.86. The van der Waals surface area contributed by atoms with E-state index in [1.54, 1.807) is 24.3 Å². The zero-order valence-corrected chi connectivity index (χ0v) is 13.3. The van der Waals surface area contributed by atoms with E-state index < -0.39 is 4.92 Å². The largest absolute Gasteiger partial charge is 0.399 e. The zero-order valence-electron chi connectivity index (χ0n) is 10.2. The number of thioether (sulfide) groups is 1. The van der Waals surface area contributed by atoms with Crippen molar-refractivity contribution in [2.45, 2.75) is 10.6 Å². The van der Waals surface area contributed by atoms with E-state index >= 15 is 0 Å². The van der Waals surface area contributed by atoms with Gasteiger partial charge in [-0.05, 0) is 46.3 Å². The van der Waals surface area contributed by atoms with Gasteiger partial charge in [-0.3, -0.25) is 10.1 Å². The molecule has 0 fully saturated rings. The molecule has 20 heavy (non-hydrogen) atoms. The minimum absolute atomic E-state index is 0.0385. The summed E-state index contributed by atoms with van der Waals surface area (Å²) < 4.78 is 0.874. The molecule has 7 heteroatoms. The number of hydrogen-bond acceptors (Lipinski definition) is 4. The fourth-order valence-electron chi connectivity index (χ4n) is 1.62. The van der Waals surface area contributed by atoms with Crippen molar-refractivity contribution in [3.63, 3.8) is 0 Å². The molecule has 2 aromatic rings. The molecule has 0 radical (unpaired) electrons. The highest BCUT2D eigenvalue weighted by Crippen LogP contribution is 2.34. The van der Waals surface area contributed by atoms with Crippen molar-refractivity contribution in [2.75, 3.05) is 5.73 Å². The van der Waals surface area contributed by atoms with Crippen LogP contribution < -0.4 is 5.73 Å². The number of nitro groups is 1. The molecule has 2 aromatic carbocycles. The Morgan fingerprint density at radius 2 is 2.05 bits per heavy atom. The molecule has 0 aliphatic carbocycles. The topological polar surface area (TPSA) is 69.2 Å². The van der Waals surface area contributed by atoms with E-state index in [1.165, 1.54) is 17.8 Å². The maximum Gasteiger partial charge on any atom is 0.274 e. The standard InChI is InChI=1S/C13H10BrClN2O2S/c14-11-6-10(16)3-4-13(11)20-7-8-1-2-9(15)5-12(8)17(18)19/h1-6H,7,16H2. The Labute approximate surface area is 133 Å². The van der Waals surface area contributed by atoms with Crippen LogP contribution in [0.4, 0.5) is 11.4 Å². The van der Waals surface area contributed by atoms with Crippen LogP contribution in [0.5, 0.6) is 0 Å². The van der Waals surface area contributed by atoms with Crippen molar-refractivity contribution < 1.29 is 4.92 Å². The van der Waals surface area contributed by atoms with Gasteiger partial charge in [0.2, 0.25) is 0 Å². The average Bonchev–Trinajstić information content (AvgIpc) is 2.38. The van der Waals surface area contributed by atoms with Gasteiger partial charge >= 0.3 is 0 Å². The lowest BCUT2D eigenvalue weighted by Gasteiger charge is -2.06. The number of nitrogen functional groups attached to an aromatic ring is 1. The first-order valence-electron chi connectivity index (χ1n) is 5.58. The lowest BCUT2D eigenvalue weighted by Crippen LogP contribution is -1.94. The quantitative estimate of drug-likeness (QED) is 0.359. The Bertz CT molecular complexity index is 667. The highest BCUT2D eigenvalue weighted by molar-refractivity contribution is 9.10. The molecule has 0 amide bonds. The summed E-state index contributed by atoms with van der Waals surface area (Å²) in [7, 11) is 0. The molecule has 0 saturated heterocycles. The summed E-state index contributed by atoms with van der Waals surface area (Å²) in [6.45, 7) is 0. The maximum absolute atomic E-state index is 11.0. The molecule has 0 spiro atoms. The molecule has 104 valence electrons. The van der Waals surface area contributed by atoms with Gasteiger partial charge in [-0.1, -0.05) is 11.6 Å². The van der Waals surface area contributed by atoms with Crippen LogP contribution in [0, 0.1) is 10.1 Å². The fraction of sp³-hybridized carbons (Fsp3) is 0.0769. The number of rotatable bonds is 4. The molecular weight excluding hydrogens is 364 g/mol. The van der Waals surface area contributed by atoms with Crippen LogP contribution in [0.25, 0.3) is 0 Å². The average molecular weight is 374 g/mol. The van der Waals surface area contributed by atoms with E-state index in [-0.39, 0.29) is 5.69 Å². The second-order valence-corrected chi connectivity index (χ2v) is 6.32. The van der Waals surface area contributed by atoms with Gasteiger partial charge in [-0.2, -0.15) is 0 Å². The second kappa shape index (κ2) is 6.47. The summed E-state index contributed by atoms with van der Waals surface area (Å²) in [5.74, 6) is 0.482. The molecule has 4 nitrogen and oxygen atoms in total. The summed E-state index contributed by atoms with van der Waals surface area (Å²) in [4.78, 5) is 11.6. The third-order valence-electron chi connectivity index (χ3n) is 2.58. The Morgan fingerprint density at radius 1 is 1.30 bits per heavy atom. The van der Waals surface area contributed by atoms with Crippen LogP contribution >= 0.6 is 39.3 Å². The lowest BCUT2D eigenvalue weighted by atomic mass is 10.2. The molecule has 2 rings (SSSR count). The number of nitrogens with zero attached hydrogens (tertiary/aromatic N) is 1. The van der Waals surface area contributed by atoms with E-state index in [0.717, 1.165) is 9.37 Å². The van der Waals surface area contributed by atoms with Crippen molar-refractivity contribution >= 4 is 50.7 Å². The minimum Gasteiger partial charge on any atom is -0.399 e. The van der Waals surface area contributed by atoms with E-state index in [4.69, 9.17) is 17.3 Å². The molecule has 0 aliphatic heterocycles. The molecule has 0 bridgehead atoms. The van der Waals surface area contributed by atoms with E-state index in [1.807, 2.05) is 6.07 Å². The first-order valence-corrected chi connectivity index (χ1v) is 7.73. The van der Waals surface area contributed by atoms with Gasteiger partial charge < -0.3 is 5.73 Å². The van der Waals surface area contributed by atoms with E-state index in [2.05, 4.69) is 15.9 Å². The number of halogens is 2. The SMILES string of the molecule is Nc1ccc(SCc2ccc(Cl)cc2[N+](=O)[O-])c(Br)c1. The number of nitrogens with two attached hydrogens (primary N) is 1. The number of hydrogen-bond donors (Lipinski definition) is 1. The van der Waals surface area contributed by atoms with Crippen molar-refractivity contribution in [1.82, 2.24) is 0 Å². The Balaban J connectivity index is 2.20. The Morgan fingerprint density at radius 3 is 2.70 bits per heavy atom. The second-order valence-electron chi connectivity index (χ2n) is 4.01. The van der Waals surface area contributed by atoms with E-state index in [0.29, 0.717) is 22.0 Å². The predicted molar refractivity (Wildman–Crippen MR) is 86.2 cm³/mol. The van der Waals surface area contributed by atoms with Crippen molar-refractivity contribution in [2.24, 2.45) is 0 Å². The van der Waals surface area contributed by atoms with Crippen LogP contribution in [-0.4, -0.2) is 4.92 Å². The van der Waals surface area contributed by atoms with Gasteiger partial charge in [0, 0.05) is 37.5 Å². The maximum atomic E-state index is 11.0. The van der Waals surface area contributed by atoms with Crippen LogP contribution in [0.1, 0.15) is 5.56 Å². The zero-order chi connectivity index (χ0) is 14.7. The molecule has 0 aliphatic rings. The van der Waals surface area contributed by atoms with Gasteiger partial charge in [0.15, 0.2) is 0 Å². The number of nitro benzene ring substituents is 1. The number of anilines is 1. The molecule has 0 aromatic heterocycles. The molecule has 0 unspecified atom stereocenters. The van der Waals surface area contributed by atoms with Gasteiger partial charge in [0.25, 0.3) is 5.69 Å². The van der Waals surface area contributed by atoms with Gasteiger partial charge in [0.1, 0.15) is 0 Å². The molecule has 0 saturated carbocycles. The van der Waals surface area contributed by atoms with Crippen molar-refractivity contribution in [3.8, 4) is 0 Å². The van der Waals surface area contributed by atoms with Crippen LogP contribution in [0.15, 0.2) is 45.8 Å². The summed E-state index contributed by atoms with van der Waals surface area (Å²) in [5, 5.41) is 11.4. The van der Waals surface area contributed by atoms with Crippen molar-refractivity contribution in [1.29, 1.82) is 0 Å². The molecule has 0 heterocycles. The lowest BCUT2D eigenvalue weighted by molar-refractivity contribution is -0.385. The molecule has 2 N–H and O–H groups in total. The van der Waals surface area contributed by atoms with E-state index in [9.17, 15) is 10.1 Å². The summed E-state index contributed by atoms with van der Waals surface area (Å²) >= 11 is 10.7. The minimum atomic E-state index is -0.417. The summed E-state index contributed by atoms with van der Waals surface area (Å²) in [6.07, 6.45) is 0. The van der Waals surface area contributed by atoms with Crippen LogP contribution in [-0.2, 0) is 5.75 Å². The highest BCUT2D eigenvalue weighted by atomic mass is 79.9. The van der Waals surface area contributed by atoms with Crippen LogP contribution in [0.2, 0.25) is 5.02 Å². The first kappa shape index (κ1) is 15.2. The monoisotopic (exact) mass is 372 g/mol. The predicted octanol–water partition coefficient (Wildman–Crippen LogP) is 4.89. The van der Waals surface area contributed by atoms with Gasteiger partial charge in [0.05, 0.1) is 4.92 Å². The van der Waals surface area contributed by atoms with Crippen LogP contribution in [0.3, 0.4) is 0 Å². The third kappa shape index (κ3) is 3.65. The normalized spacial score (nSPS) is 10.5. The van der Waals surface area contributed by atoms with Gasteiger partial charge in [-0.15, -0.1) is 11.8 Å². The van der Waals surface area contributed by atoms with Gasteiger partial charge in [-0.25, -0.2) is 0 Å². The fourth-order valence-corrected chi connectivity index (χ4v) is 3.44. The highest BCUT2D eigenvalue weighted by Gasteiger charge is 2.14. The molecular formula is C13H10BrClN2O2S. The van der Waals surface area contributed by atoms with Crippen molar-refractivity contribution in [3.05, 3.63) is 61.6 Å². The molecule has 0 atom stereocenters. The first-order chi connectivity index (χ1) is 9.47. The Kier molecular flexibility index (Phi) is 4.91. The number of benzene rings is 2. The smallest absolute Gasteiger partial charge is 0.274 e. The Hall–Kier alpha value is -1.24. The summed E-state index contributed by atoms with van der Waals surface area (Å²) in [5.41, 5.74) is 7.01.